The molecule has 0 saturated carbocycles. The Kier molecular flexibility index (Phi) is 2.26. The van der Waals surface area contributed by atoms with Crippen LogP contribution in [0.25, 0.3) is 16.5 Å². The van der Waals surface area contributed by atoms with Crippen LogP contribution in [0.1, 0.15) is 12.2 Å². The molecule has 3 heteroatoms. The summed E-state index contributed by atoms with van der Waals surface area (Å²) in [6.07, 6.45) is 3.03. The number of para-hydroxylation sites is 1. The quantitative estimate of drug-likeness (QED) is 0.794. The molecule has 1 aliphatic rings. The van der Waals surface area contributed by atoms with Crippen LogP contribution in [0.2, 0.25) is 0 Å². The number of nitrogens with one attached hydrogen (secondary N) is 1. The molecule has 0 amide bonds. The van der Waals surface area contributed by atoms with Crippen molar-refractivity contribution in [3.63, 3.8) is 0 Å². The third-order valence-corrected chi connectivity index (χ3v) is 2.88. The number of halogens is 1. The van der Waals surface area contributed by atoms with Gasteiger partial charge in [0.15, 0.2) is 11.4 Å². The zero-order valence-corrected chi connectivity index (χ0v) is 8.79. The van der Waals surface area contributed by atoms with Gasteiger partial charge in [0, 0.05) is 11.9 Å². The maximum Gasteiger partial charge on any atom is 0.170 e. The normalized spacial score (nSPS) is 16.4. The first-order valence-corrected chi connectivity index (χ1v) is 5.43. The maximum absolute atomic E-state index is 13.4. The summed E-state index contributed by atoms with van der Waals surface area (Å²) in [4.78, 5) is 0. The third-order valence-electron chi connectivity index (χ3n) is 2.88. The molecule has 0 bridgehead atoms. The van der Waals surface area contributed by atoms with Crippen LogP contribution in [0.4, 0.5) is 4.39 Å². The fourth-order valence-corrected chi connectivity index (χ4v) is 2.03. The summed E-state index contributed by atoms with van der Waals surface area (Å²) < 4.78 is 19.0. The summed E-state index contributed by atoms with van der Waals surface area (Å²) in [6, 6.07) is 6.91. The van der Waals surface area contributed by atoms with Crippen LogP contribution < -0.4 is 5.32 Å². The van der Waals surface area contributed by atoms with Crippen LogP contribution in [0, 0.1) is 5.82 Å². The van der Waals surface area contributed by atoms with Crippen molar-refractivity contribution in [3.8, 4) is 0 Å². The monoisotopic (exact) mass is 217 g/mol. The SMILES string of the molecule is Fc1cccc2cc(C3=CCNCC3)oc12. The van der Waals surface area contributed by atoms with E-state index < -0.39 is 0 Å². The molecule has 1 aromatic carbocycles. The molecule has 1 N–H and O–H groups in total. The van der Waals surface area contributed by atoms with Gasteiger partial charge in [0.2, 0.25) is 0 Å². The van der Waals surface area contributed by atoms with Gasteiger partial charge in [0.1, 0.15) is 5.76 Å². The maximum atomic E-state index is 13.4. The lowest BCUT2D eigenvalue weighted by Crippen LogP contribution is -2.19. The first-order chi connectivity index (χ1) is 7.84. The van der Waals surface area contributed by atoms with Gasteiger partial charge < -0.3 is 9.73 Å². The molecule has 0 fully saturated rings. The van der Waals surface area contributed by atoms with Crippen molar-refractivity contribution >= 4 is 16.5 Å². The Morgan fingerprint density at radius 2 is 2.25 bits per heavy atom. The molecule has 0 radical (unpaired) electrons. The average molecular weight is 217 g/mol. The van der Waals surface area contributed by atoms with Crippen LogP contribution in [0.5, 0.6) is 0 Å². The van der Waals surface area contributed by atoms with Gasteiger partial charge >= 0.3 is 0 Å². The molecule has 2 aromatic rings. The Bertz CT molecular complexity index is 556. The van der Waals surface area contributed by atoms with Gasteiger partial charge in [-0.25, -0.2) is 4.39 Å². The van der Waals surface area contributed by atoms with E-state index in [4.69, 9.17) is 4.42 Å². The highest BCUT2D eigenvalue weighted by molar-refractivity contribution is 5.82. The highest BCUT2D eigenvalue weighted by Crippen LogP contribution is 2.28. The molecule has 2 heterocycles. The van der Waals surface area contributed by atoms with Gasteiger partial charge in [-0.1, -0.05) is 18.2 Å². The minimum atomic E-state index is -0.293. The predicted molar refractivity (Wildman–Crippen MR) is 61.6 cm³/mol. The summed E-state index contributed by atoms with van der Waals surface area (Å²) in [5, 5.41) is 4.07. The predicted octanol–water partition coefficient (Wildman–Crippen LogP) is 2.95. The summed E-state index contributed by atoms with van der Waals surface area (Å²) >= 11 is 0. The Morgan fingerprint density at radius 3 is 3.00 bits per heavy atom. The molecule has 0 atom stereocenters. The lowest BCUT2D eigenvalue weighted by atomic mass is 10.1. The van der Waals surface area contributed by atoms with E-state index in [9.17, 15) is 4.39 Å². The van der Waals surface area contributed by atoms with Crippen LogP contribution in [-0.4, -0.2) is 13.1 Å². The van der Waals surface area contributed by atoms with E-state index in [0.717, 1.165) is 36.2 Å². The van der Waals surface area contributed by atoms with Gasteiger partial charge in [-0.05, 0) is 30.7 Å². The van der Waals surface area contributed by atoms with Crippen LogP contribution in [0.3, 0.4) is 0 Å². The highest BCUT2D eigenvalue weighted by atomic mass is 19.1. The number of rotatable bonds is 1. The first kappa shape index (κ1) is 9.60. The second kappa shape index (κ2) is 3.76. The van der Waals surface area contributed by atoms with E-state index in [2.05, 4.69) is 11.4 Å². The van der Waals surface area contributed by atoms with Crippen molar-refractivity contribution in [2.75, 3.05) is 13.1 Å². The Hall–Kier alpha value is -1.61. The van der Waals surface area contributed by atoms with Crippen molar-refractivity contribution < 1.29 is 8.81 Å². The van der Waals surface area contributed by atoms with E-state index in [1.54, 1.807) is 6.07 Å². The number of hydrogen-bond donors (Lipinski definition) is 1. The lowest BCUT2D eigenvalue weighted by Gasteiger charge is -2.11. The second-order valence-corrected chi connectivity index (χ2v) is 3.95. The molecule has 3 rings (SSSR count). The first-order valence-electron chi connectivity index (χ1n) is 5.43. The van der Waals surface area contributed by atoms with E-state index >= 15 is 0 Å². The molecule has 0 unspecified atom stereocenters. The summed E-state index contributed by atoms with van der Waals surface area (Å²) in [6.45, 7) is 1.81. The van der Waals surface area contributed by atoms with Crippen LogP contribution in [0.15, 0.2) is 34.8 Å². The Labute approximate surface area is 92.8 Å². The van der Waals surface area contributed by atoms with E-state index in [0.29, 0.717) is 5.58 Å². The number of benzene rings is 1. The average Bonchev–Trinajstić information content (AvgIpc) is 2.76. The molecule has 0 aliphatic carbocycles. The van der Waals surface area contributed by atoms with Crippen molar-refractivity contribution in [2.24, 2.45) is 0 Å². The Morgan fingerprint density at radius 1 is 1.31 bits per heavy atom. The molecule has 1 aromatic heterocycles. The van der Waals surface area contributed by atoms with Gasteiger partial charge in [-0.15, -0.1) is 0 Å². The van der Waals surface area contributed by atoms with Crippen molar-refractivity contribution in [3.05, 3.63) is 41.9 Å². The molecule has 82 valence electrons. The molecule has 16 heavy (non-hydrogen) atoms. The molecule has 0 saturated heterocycles. The van der Waals surface area contributed by atoms with Crippen molar-refractivity contribution in [1.29, 1.82) is 0 Å². The van der Waals surface area contributed by atoms with Gasteiger partial charge in [0.25, 0.3) is 0 Å². The fraction of sp³-hybridized carbons (Fsp3) is 0.231. The molecule has 2 nitrogen and oxygen atoms in total. The molecular formula is C13H12FNO. The molecule has 1 aliphatic heterocycles. The topological polar surface area (TPSA) is 25.2 Å². The molecular weight excluding hydrogens is 205 g/mol. The van der Waals surface area contributed by atoms with Gasteiger partial charge in [-0.2, -0.15) is 0 Å². The largest absolute Gasteiger partial charge is 0.453 e. The summed E-state index contributed by atoms with van der Waals surface area (Å²) in [5.74, 6) is 0.500. The van der Waals surface area contributed by atoms with Gasteiger partial charge in [0.05, 0.1) is 0 Å². The van der Waals surface area contributed by atoms with Crippen LogP contribution in [-0.2, 0) is 0 Å². The zero-order chi connectivity index (χ0) is 11.0. The Balaban J connectivity index is 2.11. The van der Waals surface area contributed by atoms with Crippen molar-refractivity contribution in [2.45, 2.75) is 6.42 Å². The zero-order valence-electron chi connectivity index (χ0n) is 8.79. The van der Waals surface area contributed by atoms with E-state index in [-0.39, 0.29) is 5.82 Å². The third kappa shape index (κ3) is 1.53. The number of furan rings is 1. The minimum Gasteiger partial charge on any atom is -0.453 e. The van der Waals surface area contributed by atoms with Crippen LogP contribution >= 0.6 is 0 Å². The summed E-state index contributed by atoms with van der Waals surface area (Å²) in [7, 11) is 0. The standard InChI is InChI=1S/C13H12FNO/c14-11-3-1-2-10-8-12(16-13(10)11)9-4-6-15-7-5-9/h1-4,8,15H,5-7H2. The lowest BCUT2D eigenvalue weighted by molar-refractivity contribution is 0.547. The van der Waals surface area contributed by atoms with E-state index in [1.165, 1.54) is 6.07 Å². The minimum absolute atomic E-state index is 0.293. The van der Waals surface area contributed by atoms with Crippen molar-refractivity contribution in [1.82, 2.24) is 5.32 Å². The second-order valence-electron chi connectivity index (χ2n) is 3.95. The smallest absolute Gasteiger partial charge is 0.170 e. The van der Waals surface area contributed by atoms with Gasteiger partial charge in [-0.3, -0.25) is 0 Å². The summed E-state index contributed by atoms with van der Waals surface area (Å²) in [5.41, 5.74) is 1.52. The molecule has 0 spiro atoms. The number of hydrogen-bond acceptors (Lipinski definition) is 2. The fourth-order valence-electron chi connectivity index (χ4n) is 2.03. The highest BCUT2D eigenvalue weighted by Gasteiger charge is 2.12. The van der Waals surface area contributed by atoms with E-state index in [1.807, 2.05) is 12.1 Å². The number of fused-ring (bicyclic) bond motifs is 1.